The normalized spacial score (nSPS) is 18.6. The minimum Gasteiger partial charge on any atom is -0.481 e. The fourth-order valence-corrected chi connectivity index (χ4v) is 3.75. The van der Waals surface area contributed by atoms with Gasteiger partial charge in [-0.1, -0.05) is 23.7 Å². The molecule has 1 heterocycles. The maximum Gasteiger partial charge on any atom is 0.314 e. The molecule has 0 spiro atoms. The fourth-order valence-electron chi connectivity index (χ4n) is 2.80. The predicted octanol–water partition coefficient (Wildman–Crippen LogP) is 1.18. The zero-order valence-corrected chi connectivity index (χ0v) is 15.7. The summed E-state index contributed by atoms with van der Waals surface area (Å²) >= 11 is 5.84. The molecule has 1 aromatic carbocycles. The number of carbonyl (C=O) groups excluding carboxylic acids is 1. The third-order valence-electron chi connectivity index (χ3n) is 4.52. The van der Waals surface area contributed by atoms with Gasteiger partial charge in [0.25, 0.3) is 0 Å². The third-order valence-corrected chi connectivity index (χ3v) is 6.07. The standard InChI is InChI=1S/C16H21ClN2O5S/c1-16(15(21)22,12-3-5-13(17)6-4-12)11-14(20)18-7-9-19(10-8-18)25(2,23)24/h3-6H,7-11H2,1-2H3,(H,21,22). The first-order valence-corrected chi connectivity index (χ1v) is 9.99. The van der Waals surface area contributed by atoms with Gasteiger partial charge >= 0.3 is 5.97 Å². The number of benzene rings is 1. The van der Waals surface area contributed by atoms with Gasteiger partial charge in [0.15, 0.2) is 0 Å². The fraction of sp³-hybridized carbons (Fsp3) is 0.500. The van der Waals surface area contributed by atoms with E-state index >= 15 is 0 Å². The molecule has 1 unspecified atom stereocenters. The Hall–Kier alpha value is -1.64. The van der Waals surface area contributed by atoms with Gasteiger partial charge in [0.05, 0.1) is 11.7 Å². The van der Waals surface area contributed by atoms with Gasteiger partial charge in [-0.05, 0) is 24.6 Å². The second-order valence-corrected chi connectivity index (χ2v) is 8.78. The number of hydrogen-bond donors (Lipinski definition) is 1. The van der Waals surface area contributed by atoms with Gasteiger partial charge in [0.2, 0.25) is 15.9 Å². The molecule has 0 radical (unpaired) electrons. The summed E-state index contributed by atoms with van der Waals surface area (Å²) in [5.41, 5.74) is -0.886. The predicted molar refractivity (Wildman–Crippen MR) is 94.1 cm³/mol. The number of carboxylic acids is 1. The van der Waals surface area contributed by atoms with Crippen molar-refractivity contribution in [1.29, 1.82) is 0 Å². The summed E-state index contributed by atoms with van der Waals surface area (Å²) in [6.45, 7) is 2.44. The van der Waals surface area contributed by atoms with Crippen molar-refractivity contribution < 1.29 is 23.1 Å². The summed E-state index contributed by atoms with van der Waals surface area (Å²) in [7, 11) is -3.28. The van der Waals surface area contributed by atoms with Gasteiger partial charge in [-0.25, -0.2) is 8.42 Å². The molecule has 138 valence electrons. The number of sulfonamides is 1. The van der Waals surface area contributed by atoms with Gasteiger partial charge in [0.1, 0.15) is 0 Å². The van der Waals surface area contributed by atoms with E-state index in [0.717, 1.165) is 6.26 Å². The van der Waals surface area contributed by atoms with Crippen LogP contribution in [0.3, 0.4) is 0 Å². The Labute approximate surface area is 152 Å². The Morgan fingerprint density at radius 1 is 1.16 bits per heavy atom. The number of halogens is 1. The number of aliphatic carboxylic acids is 1. The summed E-state index contributed by atoms with van der Waals surface area (Å²) in [5.74, 6) is -1.41. The lowest BCUT2D eigenvalue weighted by Crippen LogP contribution is -2.51. The number of carbonyl (C=O) groups is 2. The van der Waals surface area contributed by atoms with Crippen LogP contribution in [0.4, 0.5) is 0 Å². The molecule has 1 fully saturated rings. The summed E-state index contributed by atoms with van der Waals surface area (Å²) in [6.07, 6.45) is 0.926. The zero-order valence-electron chi connectivity index (χ0n) is 14.1. The minimum atomic E-state index is -3.28. The molecular formula is C16H21ClN2O5S. The van der Waals surface area contributed by atoms with Gasteiger partial charge in [-0.3, -0.25) is 9.59 Å². The van der Waals surface area contributed by atoms with Gasteiger partial charge in [0, 0.05) is 37.6 Å². The Balaban J connectivity index is 2.11. The van der Waals surface area contributed by atoms with Crippen LogP contribution < -0.4 is 0 Å². The molecule has 1 atom stereocenters. The van der Waals surface area contributed by atoms with Crippen LogP contribution in [0.1, 0.15) is 18.9 Å². The molecule has 2 rings (SSSR count). The SMILES string of the molecule is CC(CC(=O)N1CCN(S(C)(=O)=O)CC1)(C(=O)O)c1ccc(Cl)cc1. The van der Waals surface area contributed by atoms with Crippen LogP contribution in [-0.4, -0.2) is 67.0 Å². The topological polar surface area (TPSA) is 95.0 Å². The number of amides is 1. The second-order valence-electron chi connectivity index (χ2n) is 6.36. The maximum absolute atomic E-state index is 12.6. The number of hydrogen-bond acceptors (Lipinski definition) is 4. The highest BCUT2D eigenvalue weighted by molar-refractivity contribution is 7.88. The lowest BCUT2D eigenvalue weighted by Gasteiger charge is -2.35. The molecule has 0 aromatic heterocycles. The van der Waals surface area contributed by atoms with Gasteiger partial charge in [-0.2, -0.15) is 4.31 Å². The van der Waals surface area contributed by atoms with Crippen molar-refractivity contribution >= 4 is 33.5 Å². The van der Waals surface area contributed by atoms with Crippen LogP contribution in [0.15, 0.2) is 24.3 Å². The highest BCUT2D eigenvalue weighted by Crippen LogP contribution is 2.30. The molecular weight excluding hydrogens is 368 g/mol. The first-order valence-electron chi connectivity index (χ1n) is 7.76. The van der Waals surface area contributed by atoms with Crippen molar-refractivity contribution in [3.63, 3.8) is 0 Å². The lowest BCUT2D eigenvalue weighted by atomic mass is 9.79. The average molecular weight is 389 g/mol. The number of nitrogens with zero attached hydrogens (tertiary/aromatic N) is 2. The smallest absolute Gasteiger partial charge is 0.314 e. The van der Waals surface area contributed by atoms with E-state index < -0.39 is 21.4 Å². The first-order chi connectivity index (χ1) is 11.5. The van der Waals surface area contributed by atoms with Crippen molar-refractivity contribution in [3.8, 4) is 0 Å². The molecule has 1 amide bonds. The van der Waals surface area contributed by atoms with E-state index in [4.69, 9.17) is 11.6 Å². The third kappa shape index (κ3) is 4.50. The summed E-state index contributed by atoms with van der Waals surface area (Å²) in [4.78, 5) is 25.9. The van der Waals surface area contributed by atoms with E-state index in [1.807, 2.05) is 0 Å². The molecule has 1 aliphatic heterocycles. The van der Waals surface area contributed by atoms with Crippen molar-refractivity contribution in [1.82, 2.24) is 9.21 Å². The molecule has 7 nitrogen and oxygen atoms in total. The summed E-state index contributed by atoms with van der Waals surface area (Å²) in [6, 6.07) is 6.39. The van der Waals surface area contributed by atoms with Crippen molar-refractivity contribution in [2.45, 2.75) is 18.8 Å². The van der Waals surface area contributed by atoms with E-state index in [1.54, 1.807) is 24.3 Å². The van der Waals surface area contributed by atoms with Crippen molar-refractivity contribution in [3.05, 3.63) is 34.9 Å². The quantitative estimate of drug-likeness (QED) is 0.817. The first kappa shape index (κ1) is 19.7. The molecule has 0 bridgehead atoms. The number of rotatable bonds is 5. The van der Waals surface area contributed by atoms with Crippen LogP contribution in [0, 0.1) is 0 Å². The largest absolute Gasteiger partial charge is 0.481 e. The number of carboxylic acid groups (broad SMARTS) is 1. The monoisotopic (exact) mass is 388 g/mol. The average Bonchev–Trinajstić information content (AvgIpc) is 2.54. The van der Waals surface area contributed by atoms with Crippen molar-refractivity contribution in [2.24, 2.45) is 0 Å². The highest BCUT2D eigenvalue weighted by Gasteiger charge is 2.39. The van der Waals surface area contributed by atoms with Crippen LogP contribution in [0.25, 0.3) is 0 Å². The molecule has 1 saturated heterocycles. The summed E-state index contributed by atoms with van der Waals surface area (Å²) < 4.78 is 24.4. The Morgan fingerprint density at radius 3 is 2.12 bits per heavy atom. The molecule has 1 aliphatic rings. The molecule has 1 N–H and O–H groups in total. The number of piperazine rings is 1. The Kier molecular flexibility index (Phi) is 5.75. The molecule has 25 heavy (non-hydrogen) atoms. The summed E-state index contributed by atoms with van der Waals surface area (Å²) in [5, 5.41) is 10.1. The lowest BCUT2D eigenvalue weighted by molar-refractivity contribution is -0.147. The zero-order chi connectivity index (χ0) is 18.8. The van der Waals surface area contributed by atoms with E-state index in [0.29, 0.717) is 10.6 Å². The Morgan fingerprint density at radius 2 is 1.68 bits per heavy atom. The second kappa shape index (κ2) is 7.31. The molecule has 0 aliphatic carbocycles. The van der Waals surface area contributed by atoms with Crippen molar-refractivity contribution in [2.75, 3.05) is 32.4 Å². The van der Waals surface area contributed by atoms with E-state index in [-0.39, 0.29) is 38.5 Å². The van der Waals surface area contributed by atoms with Gasteiger partial charge < -0.3 is 10.0 Å². The van der Waals surface area contributed by atoms with E-state index in [9.17, 15) is 23.1 Å². The van der Waals surface area contributed by atoms with Crippen LogP contribution >= 0.6 is 11.6 Å². The van der Waals surface area contributed by atoms with Crippen LogP contribution in [-0.2, 0) is 25.0 Å². The van der Waals surface area contributed by atoms with E-state index in [2.05, 4.69) is 0 Å². The Bertz CT molecular complexity index is 757. The molecule has 0 saturated carbocycles. The van der Waals surface area contributed by atoms with Crippen LogP contribution in [0.5, 0.6) is 0 Å². The minimum absolute atomic E-state index is 0.206. The van der Waals surface area contributed by atoms with E-state index in [1.165, 1.54) is 16.1 Å². The van der Waals surface area contributed by atoms with Gasteiger partial charge in [-0.15, -0.1) is 0 Å². The maximum atomic E-state index is 12.6. The van der Waals surface area contributed by atoms with Crippen LogP contribution in [0.2, 0.25) is 5.02 Å². The molecule has 9 heteroatoms. The highest BCUT2D eigenvalue weighted by atomic mass is 35.5. The molecule has 1 aromatic rings.